The highest BCUT2D eigenvalue weighted by atomic mass is 16.5. The average Bonchev–Trinajstić information content (AvgIpc) is 2.43. The first-order valence-corrected chi connectivity index (χ1v) is 5.61. The quantitative estimate of drug-likeness (QED) is 0.376. The van der Waals surface area contributed by atoms with Crippen LogP contribution in [0.3, 0.4) is 0 Å². The summed E-state index contributed by atoms with van der Waals surface area (Å²) in [6.45, 7) is 0. The molecule has 0 spiro atoms. The lowest BCUT2D eigenvalue weighted by atomic mass is 10.0. The molecule has 18 heavy (non-hydrogen) atoms. The molecule has 4 aromatic rings. The van der Waals surface area contributed by atoms with Crippen LogP contribution in [-0.4, -0.2) is 14.9 Å². The van der Waals surface area contributed by atoms with Crippen LogP contribution in [0.15, 0.2) is 47.4 Å². The molecule has 2 heterocycles. The fraction of sp³-hybridized carbons (Fsp3) is 0. The Morgan fingerprint density at radius 3 is 2.78 bits per heavy atom. The molecule has 0 radical (unpaired) electrons. The van der Waals surface area contributed by atoms with Gasteiger partial charge in [0.1, 0.15) is 0 Å². The lowest BCUT2D eigenvalue weighted by Crippen LogP contribution is -2.18. The summed E-state index contributed by atoms with van der Waals surface area (Å²) in [6.07, 6.45) is 1.76. The van der Waals surface area contributed by atoms with Crippen LogP contribution in [0, 0.1) is 0 Å². The molecule has 4 nitrogen and oxygen atoms in total. The second kappa shape index (κ2) is 2.98. The summed E-state index contributed by atoms with van der Waals surface area (Å²) in [4.78, 5) is 16.4. The summed E-state index contributed by atoms with van der Waals surface area (Å²) >= 11 is 0. The van der Waals surface area contributed by atoms with Crippen LogP contribution >= 0.6 is 0 Å². The zero-order valence-corrected chi connectivity index (χ0v) is 9.29. The van der Waals surface area contributed by atoms with Gasteiger partial charge in [-0.15, -0.1) is 4.73 Å². The Morgan fingerprint density at radius 2 is 1.89 bits per heavy atom. The molecule has 86 valence electrons. The van der Waals surface area contributed by atoms with Gasteiger partial charge in [-0.05, 0) is 18.2 Å². The van der Waals surface area contributed by atoms with Gasteiger partial charge in [0, 0.05) is 22.4 Å². The monoisotopic (exact) mass is 236 g/mol. The van der Waals surface area contributed by atoms with E-state index in [1.54, 1.807) is 30.5 Å². The first-order valence-electron chi connectivity index (χ1n) is 5.61. The maximum atomic E-state index is 12.1. The SMILES string of the molecule is O=c1c2cccc3ncc4cccc(c4c32)n1O. The predicted molar refractivity (Wildman–Crippen MR) is 69.4 cm³/mol. The molecule has 2 aromatic carbocycles. The van der Waals surface area contributed by atoms with Crippen LogP contribution in [-0.2, 0) is 0 Å². The van der Waals surface area contributed by atoms with Crippen molar-refractivity contribution in [3.8, 4) is 0 Å². The molecule has 0 fully saturated rings. The standard InChI is InChI=1S/C14H8N2O2/c17-14-9-4-2-5-10-13(9)12-8(7-15-10)3-1-6-11(12)16(14)18/h1-7,18H. The third-order valence-electron chi connectivity index (χ3n) is 3.36. The summed E-state index contributed by atoms with van der Waals surface area (Å²) in [5.41, 5.74) is 0.881. The van der Waals surface area contributed by atoms with E-state index in [0.29, 0.717) is 15.6 Å². The van der Waals surface area contributed by atoms with E-state index in [1.807, 2.05) is 12.1 Å². The van der Waals surface area contributed by atoms with E-state index < -0.39 is 5.56 Å². The lowest BCUT2D eigenvalue weighted by Gasteiger charge is -2.11. The van der Waals surface area contributed by atoms with E-state index >= 15 is 0 Å². The van der Waals surface area contributed by atoms with Crippen LogP contribution in [0.1, 0.15) is 0 Å². The van der Waals surface area contributed by atoms with Crippen molar-refractivity contribution in [1.29, 1.82) is 0 Å². The minimum Gasteiger partial charge on any atom is -0.425 e. The second-order valence-electron chi connectivity index (χ2n) is 4.32. The second-order valence-corrected chi connectivity index (χ2v) is 4.32. The molecular weight excluding hydrogens is 228 g/mol. The van der Waals surface area contributed by atoms with Gasteiger partial charge in [-0.3, -0.25) is 9.78 Å². The smallest absolute Gasteiger partial charge is 0.291 e. The number of nitrogens with zero attached hydrogens (tertiary/aromatic N) is 2. The third kappa shape index (κ3) is 0.953. The van der Waals surface area contributed by atoms with Crippen LogP contribution < -0.4 is 5.56 Å². The van der Waals surface area contributed by atoms with Crippen molar-refractivity contribution in [3.63, 3.8) is 0 Å². The van der Waals surface area contributed by atoms with Gasteiger partial charge in [0.05, 0.1) is 16.4 Å². The van der Waals surface area contributed by atoms with Crippen LogP contribution in [0.4, 0.5) is 0 Å². The maximum Gasteiger partial charge on any atom is 0.291 e. The minimum absolute atomic E-state index is 0.409. The van der Waals surface area contributed by atoms with Crippen LogP contribution in [0.2, 0.25) is 0 Å². The number of rotatable bonds is 0. The Kier molecular flexibility index (Phi) is 1.56. The van der Waals surface area contributed by atoms with Gasteiger partial charge < -0.3 is 5.21 Å². The van der Waals surface area contributed by atoms with Gasteiger partial charge in [0.15, 0.2) is 0 Å². The Morgan fingerprint density at radius 1 is 1.06 bits per heavy atom. The van der Waals surface area contributed by atoms with Gasteiger partial charge in [0.25, 0.3) is 5.56 Å². The molecule has 0 atom stereocenters. The number of hydrogen-bond acceptors (Lipinski definition) is 3. The zero-order valence-electron chi connectivity index (χ0n) is 9.29. The fourth-order valence-electron chi connectivity index (χ4n) is 2.57. The highest BCUT2D eigenvalue weighted by Crippen LogP contribution is 2.30. The highest BCUT2D eigenvalue weighted by Gasteiger charge is 2.14. The molecule has 0 bridgehead atoms. The molecule has 1 N–H and O–H groups in total. The van der Waals surface area contributed by atoms with Crippen molar-refractivity contribution in [2.75, 3.05) is 0 Å². The molecule has 0 aliphatic heterocycles. The largest absolute Gasteiger partial charge is 0.425 e. The van der Waals surface area contributed by atoms with E-state index in [4.69, 9.17) is 0 Å². The number of aromatic nitrogens is 2. The zero-order chi connectivity index (χ0) is 12.3. The van der Waals surface area contributed by atoms with E-state index in [2.05, 4.69) is 4.98 Å². The first kappa shape index (κ1) is 9.41. The molecule has 0 aliphatic carbocycles. The molecule has 0 unspecified atom stereocenters. The van der Waals surface area contributed by atoms with Crippen molar-refractivity contribution in [2.24, 2.45) is 0 Å². The number of benzene rings is 2. The highest BCUT2D eigenvalue weighted by molar-refractivity contribution is 6.20. The lowest BCUT2D eigenvalue weighted by molar-refractivity contribution is 0.190. The number of hydrogen-bond donors (Lipinski definition) is 1. The number of pyridine rings is 2. The summed E-state index contributed by atoms with van der Waals surface area (Å²) in [7, 11) is 0. The normalized spacial score (nSPS) is 11.8. The Labute approximate surface area is 101 Å². The third-order valence-corrected chi connectivity index (χ3v) is 3.36. The summed E-state index contributed by atoms with van der Waals surface area (Å²) in [5, 5.41) is 13.1. The summed E-state index contributed by atoms with van der Waals surface area (Å²) < 4.78 is 0.712. The van der Waals surface area contributed by atoms with Gasteiger partial charge in [-0.1, -0.05) is 18.2 Å². The maximum absolute atomic E-state index is 12.1. The van der Waals surface area contributed by atoms with Crippen LogP contribution in [0.25, 0.3) is 32.6 Å². The van der Waals surface area contributed by atoms with Gasteiger partial charge >= 0.3 is 0 Å². The van der Waals surface area contributed by atoms with Crippen molar-refractivity contribution in [1.82, 2.24) is 9.71 Å². The predicted octanol–water partition coefficient (Wildman–Crippen LogP) is 2.38. The fourth-order valence-corrected chi connectivity index (χ4v) is 2.57. The molecule has 0 saturated carbocycles. The van der Waals surface area contributed by atoms with Crippen molar-refractivity contribution in [3.05, 3.63) is 52.9 Å². The average molecular weight is 236 g/mol. The van der Waals surface area contributed by atoms with E-state index in [0.717, 1.165) is 21.7 Å². The van der Waals surface area contributed by atoms with Gasteiger partial charge in [-0.2, -0.15) is 0 Å². The Hall–Kier alpha value is -2.62. The minimum atomic E-state index is -0.409. The van der Waals surface area contributed by atoms with E-state index in [1.165, 1.54) is 0 Å². The molecule has 0 saturated heterocycles. The molecule has 4 heteroatoms. The van der Waals surface area contributed by atoms with Crippen LogP contribution in [0.5, 0.6) is 0 Å². The molecule has 0 amide bonds. The Bertz CT molecular complexity index is 956. The topological polar surface area (TPSA) is 55.1 Å². The summed E-state index contributed by atoms with van der Waals surface area (Å²) in [5.74, 6) is 0. The van der Waals surface area contributed by atoms with Gasteiger partial charge in [0.2, 0.25) is 0 Å². The van der Waals surface area contributed by atoms with E-state index in [9.17, 15) is 10.0 Å². The van der Waals surface area contributed by atoms with Gasteiger partial charge in [-0.25, -0.2) is 0 Å². The first-order chi connectivity index (χ1) is 8.77. The van der Waals surface area contributed by atoms with Crippen molar-refractivity contribution in [2.45, 2.75) is 0 Å². The van der Waals surface area contributed by atoms with Crippen molar-refractivity contribution < 1.29 is 5.21 Å². The summed E-state index contributed by atoms with van der Waals surface area (Å²) in [6, 6.07) is 10.8. The van der Waals surface area contributed by atoms with Crippen molar-refractivity contribution >= 4 is 32.6 Å². The molecular formula is C14H8N2O2. The Balaban J connectivity index is 2.57. The molecule has 2 aromatic heterocycles. The van der Waals surface area contributed by atoms with E-state index in [-0.39, 0.29) is 0 Å². The molecule has 4 rings (SSSR count). The molecule has 0 aliphatic rings.